The van der Waals surface area contributed by atoms with Gasteiger partial charge in [-0.15, -0.1) is 11.6 Å². The maximum Gasteiger partial charge on any atom is 0.155 e. The van der Waals surface area contributed by atoms with Crippen molar-refractivity contribution in [2.75, 3.05) is 7.11 Å². The first-order valence-electron chi connectivity index (χ1n) is 4.13. The van der Waals surface area contributed by atoms with Gasteiger partial charge in [-0.05, 0) is 6.42 Å². The third kappa shape index (κ3) is 3.97. The number of alkyl halides is 2. The summed E-state index contributed by atoms with van der Waals surface area (Å²) in [5.41, 5.74) is -0.497. The molecule has 0 spiro atoms. The number of halogens is 2. The van der Waals surface area contributed by atoms with E-state index in [1.807, 2.05) is 0 Å². The summed E-state index contributed by atoms with van der Waals surface area (Å²) in [6, 6.07) is 0.0844. The SMILES string of the molecule is COC(O)CC1CC(Cl)NC(Cl)N1. The highest BCUT2D eigenvalue weighted by Crippen LogP contribution is 2.15. The standard InChI is InChI=1S/C7H14Cl2N2O2/c1-13-6(12)3-4-2-5(8)11-7(9)10-4/h4-7,10-12H,2-3H2,1H3. The molecule has 1 heterocycles. The molecule has 13 heavy (non-hydrogen) atoms. The van der Waals surface area contributed by atoms with Crippen LogP contribution >= 0.6 is 23.2 Å². The quantitative estimate of drug-likeness (QED) is 0.372. The van der Waals surface area contributed by atoms with Gasteiger partial charge < -0.3 is 9.84 Å². The minimum atomic E-state index is -0.761. The number of aliphatic hydroxyl groups is 1. The third-order valence-electron chi connectivity index (χ3n) is 1.96. The molecule has 0 aliphatic carbocycles. The Hall–Kier alpha value is 0.420. The summed E-state index contributed by atoms with van der Waals surface area (Å²) >= 11 is 11.7. The van der Waals surface area contributed by atoms with Crippen molar-refractivity contribution in [1.82, 2.24) is 10.6 Å². The molecule has 0 bridgehead atoms. The lowest BCUT2D eigenvalue weighted by Gasteiger charge is -2.32. The van der Waals surface area contributed by atoms with Crippen molar-refractivity contribution < 1.29 is 9.84 Å². The monoisotopic (exact) mass is 228 g/mol. The van der Waals surface area contributed by atoms with Gasteiger partial charge in [0.25, 0.3) is 0 Å². The number of aliphatic hydroxyl groups excluding tert-OH is 1. The second-order valence-corrected chi connectivity index (χ2v) is 3.99. The van der Waals surface area contributed by atoms with Crippen LogP contribution in [0.25, 0.3) is 0 Å². The lowest BCUT2D eigenvalue weighted by molar-refractivity contribution is -0.0850. The van der Waals surface area contributed by atoms with Crippen LogP contribution in [0.5, 0.6) is 0 Å². The summed E-state index contributed by atoms with van der Waals surface area (Å²) < 4.78 is 4.73. The zero-order valence-corrected chi connectivity index (χ0v) is 8.85. The van der Waals surface area contributed by atoms with E-state index in [2.05, 4.69) is 10.6 Å². The molecule has 0 radical (unpaired) electrons. The van der Waals surface area contributed by atoms with Crippen LogP contribution in [0.1, 0.15) is 12.8 Å². The largest absolute Gasteiger partial charge is 0.368 e. The van der Waals surface area contributed by atoms with Crippen molar-refractivity contribution in [3.05, 3.63) is 0 Å². The maximum absolute atomic E-state index is 9.21. The van der Waals surface area contributed by atoms with Crippen molar-refractivity contribution >= 4 is 23.2 Å². The van der Waals surface area contributed by atoms with E-state index in [9.17, 15) is 5.11 Å². The third-order valence-corrected chi connectivity index (χ3v) is 2.52. The van der Waals surface area contributed by atoms with E-state index in [1.165, 1.54) is 7.11 Å². The lowest BCUT2D eigenvalue weighted by Crippen LogP contribution is -2.54. The van der Waals surface area contributed by atoms with E-state index >= 15 is 0 Å². The second kappa shape index (κ2) is 5.34. The van der Waals surface area contributed by atoms with Gasteiger partial charge >= 0.3 is 0 Å². The van der Waals surface area contributed by atoms with Gasteiger partial charge in [0.15, 0.2) is 6.29 Å². The van der Waals surface area contributed by atoms with Crippen LogP contribution in [-0.4, -0.2) is 35.7 Å². The molecule has 4 atom stereocenters. The molecule has 1 aliphatic heterocycles. The Morgan fingerprint density at radius 2 is 2.23 bits per heavy atom. The van der Waals surface area contributed by atoms with Crippen molar-refractivity contribution in [2.24, 2.45) is 0 Å². The molecule has 4 unspecified atom stereocenters. The summed E-state index contributed by atoms with van der Waals surface area (Å²) in [5, 5.41) is 15.2. The summed E-state index contributed by atoms with van der Waals surface area (Å²) in [7, 11) is 1.46. The molecule has 1 saturated heterocycles. The van der Waals surface area contributed by atoms with E-state index in [-0.39, 0.29) is 17.2 Å². The smallest absolute Gasteiger partial charge is 0.155 e. The molecule has 3 N–H and O–H groups in total. The number of hydrogen-bond donors (Lipinski definition) is 3. The predicted molar refractivity (Wildman–Crippen MR) is 51.6 cm³/mol. The molecular formula is C7H14Cl2N2O2. The van der Waals surface area contributed by atoms with Crippen molar-refractivity contribution in [3.63, 3.8) is 0 Å². The highest BCUT2D eigenvalue weighted by molar-refractivity contribution is 6.23. The minimum absolute atomic E-state index is 0.0844. The Kier molecular flexibility index (Phi) is 4.72. The van der Waals surface area contributed by atoms with Gasteiger partial charge in [0.2, 0.25) is 0 Å². The molecule has 1 aliphatic rings. The van der Waals surface area contributed by atoms with Crippen LogP contribution in [0.15, 0.2) is 0 Å². The van der Waals surface area contributed by atoms with Crippen LogP contribution in [0, 0.1) is 0 Å². The van der Waals surface area contributed by atoms with Crippen LogP contribution in [-0.2, 0) is 4.74 Å². The second-order valence-electron chi connectivity index (χ2n) is 3.02. The molecule has 1 rings (SSSR count). The summed E-state index contributed by atoms with van der Waals surface area (Å²) in [4.78, 5) is 0. The minimum Gasteiger partial charge on any atom is -0.368 e. The molecule has 78 valence electrons. The van der Waals surface area contributed by atoms with Crippen molar-refractivity contribution in [2.45, 2.75) is 36.3 Å². The van der Waals surface area contributed by atoms with Crippen LogP contribution in [0.4, 0.5) is 0 Å². The molecule has 4 nitrogen and oxygen atoms in total. The Bertz CT molecular complexity index is 151. The number of rotatable bonds is 3. The van der Waals surface area contributed by atoms with E-state index in [0.29, 0.717) is 12.8 Å². The van der Waals surface area contributed by atoms with Crippen molar-refractivity contribution in [3.8, 4) is 0 Å². The zero-order chi connectivity index (χ0) is 9.84. The fourth-order valence-electron chi connectivity index (χ4n) is 1.30. The summed E-state index contributed by atoms with van der Waals surface area (Å²) in [5.74, 6) is 0. The van der Waals surface area contributed by atoms with Crippen LogP contribution in [0.2, 0.25) is 0 Å². The van der Waals surface area contributed by atoms with Crippen LogP contribution < -0.4 is 10.6 Å². The fourth-order valence-corrected chi connectivity index (χ4v) is 2.04. The van der Waals surface area contributed by atoms with Gasteiger partial charge in [0.05, 0.1) is 5.50 Å². The van der Waals surface area contributed by atoms with Crippen molar-refractivity contribution in [1.29, 1.82) is 0 Å². The van der Waals surface area contributed by atoms with E-state index in [4.69, 9.17) is 27.9 Å². The molecule has 1 fully saturated rings. The number of ether oxygens (including phenoxy) is 1. The maximum atomic E-state index is 9.21. The normalized spacial score (nSPS) is 37.4. The Labute approximate surface area is 87.5 Å². The first kappa shape index (κ1) is 11.5. The average molecular weight is 229 g/mol. The Balaban J connectivity index is 2.32. The van der Waals surface area contributed by atoms with E-state index in [0.717, 1.165) is 0 Å². The zero-order valence-electron chi connectivity index (χ0n) is 7.34. The van der Waals surface area contributed by atoms with Gasteiger partial charge in [-0.25, -0.2) is 0 Å². The number of nitrogens with one attached hydrogen (secondary N) is 2. The molecule has 0 amide bonds. The molecule has 0 aromatic heterocycles. The van der Waals surface area contributed by atoms with E-state index in [1.54, 1.807) is 0 Å². The van der Waals surface area contributed by atoms with Crippen LogP contribution in [0.3, 0.4) is 0 Å². The molecule has 6 heteroatoms. The first-order chi connectivity index (χ1) is 6.11. The fraction of sp³-hybridized carbons (Fsp3) is 1.00. The molecule has 0 aromatic carbocycles. The summed E-state index contributed by atoms with van der Waals surface area (Å²) in [6.45, 7) is 0. The summed E-state index contributed by atoms with van der Waals surface area (Å²) in [6.07, 6.45) is 0.443. The first-order valence-corrected chi connectivity index (χ1v) is 5.00. The Morgan fingerprint density at radius 1 is 1.54 bits per heavy atom. The van der Waals surface area contributed by atoms with Gasteiger partial charge in [-0.3, -0.25) is 10.6 Å². The van der Waals surface area contributed by atoms with Gasteiger partial charge in [-0.2, -0.15) is 0 Å². The predicted octanol–water partition coefficient (Wildman–Crippen LogP) is 0.380. The number of methoxy groups -OCH3 is 1. The molecule has 0 aromatic rings. The van der Waals surface area contributed by atoms with Gasteiger partial charge in [-0.1, -0.05) is 11.6 Å². The number of hydrogen-bond acceptors (Lipinski definition) is 4. The van der Waals surface area contributed by atoms with Gasteiger partial charge in [0.1, 0.15) is 5.62 Å². The average Bonchev–Trinajstić information content (AvgIpc) is 2.02. The highest BCUT2D eigenvalue weighted by atomic mass is 35.5. The van der Waals surface area contributed by atoms with E-state index < -0.39 is 6.29 Å². The van der Waals surface area contributed by atoms with Gasteiger partial charge in [0, 0.05) is 19.6 Å². The Morgan fingerprint density at radius 3 is 2.77 bits per heavy atom. The molecule has 0 saturated carbocycles. The highest BCUT2D eigenvalue weighted by Gasteiger charge is 2.26. The molecular weight excluding hydrogens is 215 g/mol. The topological polar surface area (TPSA) is 53.5 Å². The lowest BCUT2D eigenvalue weighted by atomic mass is 10.1.